The predicted molar refractivity (Wildman–Crippen MR) is 46.9 cm³/mol. The highest BCUT2D eigenvalue weighted by atomic mass is 16.5. The van der Waals surface area contributed by atoms with Crippen molar-refractivity contribution in [1.82, 2.24) is 4.90 Å². The van der Waals surface area contributed by atoms with E-state index in [2.05, 4.69) is 11.8 Å². The van der Waals surface area contributed by atoms with Crippen LogP contribution in [0, 0.1) is 0 Å². The molecule has 1 aliphatic heterocycles. The molecule has 2 atom stereocenters. The van der Waals surface area contributed by atoms with Gasteiger partial charge in [-0.3, -0.25) is 4.90 Å². The molecule has 0 radical (unpaired) electrons. The summed E-state index contributed by atoms with van der Waals surface area (Å²) in [7, 11) is 0. The van der Waals surface area contributed by atoms with Crippen LogP contribution in [0.15, 0.2) is 0 Å². The minimum Gasteiger partial charge on any atom is -0.395 e. The van der Waals surface area contributed by atoms with E-state index in [0.29, 0.717) is 6.04 Å². The van der Waals surface area contributed by atoms with E-state index in [9.17, 15) is 0 Å². The Hall–Kier alpha value is -0.160. The Morgan fingerprint density at radius 3 is 3.08 bits per heavy atom. The number of nitrogens with zero attached hydrogens (tertiary/aromatic N) is 1. The number of hydrogen-bond acceptors (Lipinski definition) is 4. The van der Waals surface area contributed by atoms with Crippen molar-refractivity contribution in [3.8, 4) is 0 Å². The van der Waals surface area contributed by atoms with Crippen molar-refractivity contribution < 1.29 is 9.84 Å². The second-order valence-corrected chi connectivity index (χ2v) is 3.36. The van der Waals surface area contributed by atoms with E-state index in [4.69, 9.17) is 15.6 Å². The fourth-order valence-electron chi connectivity index (χ4n) is 1.39. The largest absolute Gasteiger partial charge is 0.395 e. The van der Waals surface area contributed by atoms with Crippen molar-refractivity contribution in [3.05, 3.63) is 0 Å². The van der Waals surface area contributed by atoms with Gasteiger partial charge in [-0.15, -0.1) is 0 Å². The number of ether oxygens (including phenoxy) is 1. The molecule has 1 heterocycles. The highest BCUT2D eigenvalue weighted by Gasteiger charge is 2.19. The summed E-state index contributed by atoms with van der Waals surface area (Å²) in [5.74, 6) is 0. The number of aliphatic hydroxyl groups is 1. The molecule has 0 aromatic carbocycles. The molecule has 1 rings (SSSR count). The molecular formula is C8H18N2O2. The molecule has 0 aliphatic carbocycles. The first-order valence-corrected chi connectivity index (χ1v) is 4.42. The average molecular weight is 174 g/mol. The third-order valence-electron chi connectivity index (χ3n) is 2.21. The quantitative estimate of drug-likeness (QED) is 0.578. The molecule has 0 aromatic rings. The first-order chi connectivity index (χ1) is 5.74. The highest BCUT2D eigenvalue weighted by molar-refractivity contribution is 4.75. The van der Waals surface area contributed by atoms with Gasteiger partial charge in [0, 0.05) is 25.2 Å². The van der Waals surface area contributed by atoms with E-state index in [1.54, 1.807) is 0 Å². The first-order valence-electron chi connectivity index (χ1n) is 4.42. The van der Waals surface area contributed by atoms with Gasteiger partial charge in [0.2, 0.25) is 0 Å². The van der Waals surface area contributed by atoms with Crippen molar-refractivity contribution in [2.45, 2.75) is 19.0 Å². The first kappa shape index (κ1) is 9.92. The molecule has 0 bridgehead atoms. The third kappa shape index (κ3) is 2.71. The van der Waals surface area contributed by atoms with Gasteiger partial charge in [0.05, 0.1) is 19.8 Å². The fourth-order valence-corrected chi connectivity index (χ4v) is 1.39. The topological polar surface area (TPSA) is 58.7 Å². The van der Waals surface area contributed by atoms with E-state index in [1.807, 2.05) is 0 Å². The van der Waals surface area contributed by atoms with Crippen LogP contribution in [0.1, 0.15) is 6.92 Å². The van der Waals surface area contributed by atoms with Gasteiger partial charge < -0.3 is 15.6 Å². The second-order valence-electron chi connectivity index (χ2n) is 3.36. The SMILES string of the molecule is CC1COCCN1CC(N)CO. The molecule has 1 fully saturated rings. The lowest BCUT2D eigenvalue weighted by Gasteiger charge is -2.34. The van der Waals surface area contributed by atoms with Crippen molar-refractivity contribution in [3.63, 3.8) is 0 Å². The molecule has 3 N–H and O–H groups in total. The third-order valence-corrected chi connectivity index (χ3v) is 2.21. The van der Waals surface area contributed by atoms with Crippen LogP contribution in [-0.4, -0.2) is 55.0 Å². The molecule has 1 aliphatic rings. The van der Waals surface area contributed by atoms with Crippen LogP contribution in [0.2, 0.25) is 0 Å². The summed E-state index contributed by atoms with van der Waals surface area (Å²) in [5.41, 5.74) is 5.63. The van der Waals surface area contributed by atoms with E-state index >= 15 is 0 Å². The van der Waals surface area contributed by atoms with Crippen molar-refractivity contribution in [2.75, 3.05) is 32.9 Å². The van der Waals surface area contributed by atoms with Gasteiger partial charge >= 0.3 is 0 Å². The molecular weight excluding hydrogens is 156 g/mol. The maximum Gasteiger partial charge on any atom is 0.0619 e. The van der Waals surface area contributed by atoms with E-state index in [0.717, 1.165) is 26.3 Å². The van der Waals surface area contributed by atoms with E-state index < -0.39 is 0 Å². The van der Waals surface area contributed by atoms with Crippen LogP contribution in [0.4, 0.5) is 0 Å². The maximum absolute atomic E-state index is 8.77. The summed E-state index contributed by atoms with van der Waals surface area (Å²) in [4.78, 5) is 2.25. The van der Waals surface area contributed by atoms with E-state index in [1.165, 1.54) is 0 Å². The summed E-state index contributed by atoms with van der Waals surface area (Å²) in [6.07, 6.45) is 0. The number of rotatable bonds is 3. The van der Waals surface area contributed by atoms with Crippen LogP contribution in [0.25, 0.3) is 0 Å². The normalized spacial score (nSPS) is 28.8. The zero-order chi connectivity index (χ0) is 8.97. The Morgan fingerprint density at radius 2 is 2.50 bits per heavy atom. The Balaban J connectivity index is 2.28. The lowest BCUT2D eigenvalue weighted by atomic mass is 10.2. The highest BCUT2D eigenvalue weighted by Crippen LogP contribution is 2.05. The minimum atomic E-state index is -0.120. The Labute approximate surface area is 73.3 Å². The van der Waals surface area contributed by atoms with Gasteiger partial charge in [-0.1, -0.05) is 0 Å². The number of nitrogens with two attached hydrogens (primary N) is 1. The van der Waals surface area contributed by atoms with Gasteiger partial charge in [0.25, 0.3) is 0 Å². The molecule has 72 valence electrons. The van der Waals surface area contributed by atoms with Crippen molar-refractivity contribution >= 4 is 0 Å². The molecule has 12 heavy (non-hydrogen) atoms. The zero-order valence-electron chi connectivity index (χ0n) is 7.57. The van der Waals surface area contributed by atoms with Crippen LogP contribution in [-0.2, 0) is 4.74 Å². The van der Waals surface area contributed by atoms with Gasteiger partial charge in [0.15, 0.2) is 0 Å². The number of aliphatic hydroxyl groups excluding tert-OH is 1. The molecule has 0 saturated carbocycles. The predicted octanol–water partition coefficient (Wildman–Crippen LogP) is -0.973. The van der Waals surface area contributed by atoms with Crippen LogP contribution < -0.4 is 5.73 Å². The van der Waals surface area contributed by atoms with Gasteiger partial charge in [-0.2, -0.15) is 0 Å². The van der Waals surface area contributed by atoms with Crippen LogP contribution in [0.3, 0.4) is 0 Å². The molecule has 0 amide bonds. The van der Waals surface area contributed by atoms with E-state index in [-0.39, 0.29) is 12.6 Å². The average Bonchev–Trinajstić information content (AvgIpc) is 2.09. The van der Waals surface area contributed by atoms with Crippen molar-refractivity contribution in [2.24, 2.45) is 5.73 Å². The Bertz CT molecular complexity index is 132. The van der Waals surface area contributed by atoms with Crippen LogP contribution in [0.5, 0.6) is 0 Å². The summed E-state index contributed by atoms with van der Waals surface area (Å²) in [6, 6.07) is 0.307. The van der Waals surface area contributed by atoms with Gasteiger partial charge in [-0.05, 0) is 6.92 Å². The lowest BCUT2D eigenvalue weighted by Crippen LogP contribution is -2.49. The monoisotopic (exact) mass is 174 g/mol. The molecule has 4 heteroatoms. The summed E-state index contributed by atoms with van der Waals surface area (Å²) >= 11 is 0. The second kappa shape index (κ2) is 4.77. The molecule has 4 nitrogen and oxygen atoms in total. The maximum atomic E-state index is 8.77. The van der Waals surface area contributed by atoms with Crippen LogP contribution >= 0.6 is 0 Å². The summed E-state index contributed by atoms with van der Waals surface area (Å²) in [5, 5.41) is 8.77. The molecule has 0 aromatic heterocycles. The Morgan fingerprint density at radius 1 is 1.75 bits per heavy atom. The van der Waals surface area contributed by atoms with Crippen molar-refractivity contribution in [1.29, 1.82) is 0 Å². The molecule has 1 saturated heterocycles. The number of morpholine rings is 1. The lowest BCUT2D eigenvalue weighted by molar-refractivity contribution is -0.00503. The molecule has 0 spiro atoms. The zero-order valence-corrected chi connectivity index (χ0v) is 7.57. The smallest absolute Gasteiger partial charge is 0.0619 e. The number of hydrogen-bond donors (Lipinski definition) is 2. The fraction of sp³-hybridized carbons (Fsp3) is 1.00. The summed E-state index contributed by atoms with van der Waals surface area (Å²) in [6.45, 7) is 5.42. The Kier molecular flexibility index (Phi) is 3.94. The van der Waals surface area contributed by atoms with Gasteiger partial charge in [0.1, 0.15) is 0 Å². The summed E-state index contributed by atoms with van der Waals surface area (Å²) < 4.78 is 5.28. The van der Waals surface area contributed by atoms with Gasteiger partial charge in [-0.25, -0.2) is 0 Å². The standard InChI is InChI=1S/C8H18N2O2/c1-7-6-12-3-2-10(7)4-8(9)5-11/h7-8,11H,2-6,9H2,1H3. The molecule has 2 unspecified atom stereocenters. The minimum absolute atomic E-state index is 0.0596.